The van der Waals surface area contributed by atoms with Crippen LogP contribution in [-0.4, -0.2) is 5.66 Å². The van der Waals surface area contributed by atoms with Crippen LogP contribution in [0.25, 0.3) is 5.57 Å². The van der Waals surface area contributed by atoms with Gasteiger partial charge < -0.3 is 0 Å². The summed E-state index contributed by atoms with van der Waals surface area (Å²) in [5.74, 6) is 1.43. The second-order valence-electron chi connectivity index (χ2n) is 7.37. The molecule has 2 aliphatic carbocycles. The molecule has 0 amide bonds. The summed E-state index contributed by atoms with van der Waals surface area (Å²) in [6.45, 7) is 0. The van der Waals surface area contributed by atoms with Crippen molar-refractivity contribution in [2.75, 3.05) is 0 Å². The van der Waals surface area contributed by atoms with Gasteiger partial charge >= 0.3 is 0 Å². The first kappa shape index (κ1) is 16.0. The highest BCUT2D eigenvalue weighted by Crippen LogP contribution is 2.60. The zero-order valence-electron chi connectivity index (χ0n) is 14.8. The first-order chi connectivity index (χ1) is 12.9. The van der Waals surface area contributed by atoms with E-state index < -0.39 is 0 Å². The largest absolute Gasteiger partial charge is 0.0766 e. The Morgan fingerprint density at radius 2 is 1.15 bits per heavy atom. The van der Waals surface area contributed by atoms with E-state index in [1.54, 1.807) is 5.57 Å². The molecule has 26 heavy (non-hydrogen) atoms. The molecule has 2 bridgehead atoms. The van der Waals surface area contributed by atoms with Crippen LogP contribution in [0.1, 0.15) is 18.4 Å². The number of fused-ring (bicyclic) bond motifs is 2. The van der Waals surface area contributed by atoms with E-state index in [9.17, 15) is 0 Å². The highest BCUT2D eigenvalue weighted by atomic mass is 31.1. The third kappa shape index (κ3) is 2.74. The van der Waals surface area contributed by atoms with E-state index in [1.807, 2.05) is 0 Å². The Bertz CT molecular complexity index is 859. The molecular formula is C25H23P. The smallest absolute Gasteiger partial charge is 0.000324 e. The van der Waals surface area contributed by atoms with Crippen LogP contribution in [-0.2, 0) is 0 Å². The highest BCUT2D eigenvalue weighted by Gasteiger charge is 2.47. The number of benzene rings is 3. The minimum Gasteiger partial charge on any atom is -0.0766 e. The van der Waals surface area contributed by atoms with Crippen LogP contribution >= 0.6 is 7.92 Å². The van der Waals surface area contributed by atoms with Gasteiger partial charge in [-0.05, 0) is 54.3 Å². The lowest BCUT2D eigenvalue weighted by Gasteiger charge is -2.30. The van der Waals surface area contributed by atoms with Gasteiger partial charge in [0.15, 0.2) is 0 Å². The van der Waals surface area contributed by atoms with E-state index in [-0.39, 0.29) is 7.92 Å². The maximum absolute atomic E-state index is 2.61. The number of allylic oxidation sites excluding steroid dienone is 2. The van der Waals surface area contributed by atoms with E-state index in [2.05, 4.69) is 97.1 Å². The molecule has 3 atom stereocenters. The normalized spacial score (nSPS) is 24.0. The van der Waals surface area contributed by atoms with Crippen molar-refractivity contribution in [3.05, 3.63) is 103 Å². The highest BCUT2D eigenvalue weighted by molar-refractivity contribution is 7.73. The van der Waals surface area contributed by atoms with Crippen molar-refractivity contribution < 1.29 is 0 Å². The summed E-state index contributed by atoms with van der Waals surface area (Å²) in [4.78, 5) is 0. The van der Waals surface area contributed by atoms with Crippen LogP contribution in [0, 0.1) is 11.8 Å². The lowest BCUT2D eigenvalue weighted by molar-refractivity contribution is 0.706. The number of hydrogen-bond acceptors (Lipinski definition) is 0. The summed E-state index contributed by atoms with van der Waals surface area (Å²) < 4.78 is 0. The van der Waals surface area contributed by atoms with Crippen molar-refractivity contribution in [1.82, 2.24) is 0 Å². The Morgan fingerprint density at radius 1 is 0.615 bits per heavy atom. The predicted molar refractivity (Wildman–Crippen MR) is 113 cm³/mol. The van der Waals surface area contributed by atoms with E-state index >= 15 is 0 Å². The van der Waals surface area contributed by atoms with Gasteiger partial charge in [0.1, 0.15) is 0 Å². The van der Waals surface area contributed by atoms with Gasteiger partial charge in [-0.15, -0.1) is 0 Å². The minimum atomic E-state index is -0.337. The van der Waals surface area contributed by atoms with Gasteiger partial charge in [0.05, 0.1) is 0 Å². The third-order valence-electron chi connectivity index (χ3n) is 5.93. The minimum absolute atomic E-state index is 0.337. The topological polar surface area (TPSA) is 0 Å². The molecular weight excluding hydrogens is 331 g/mol. The standard InChI is InChI=1S/C25H23P/c1-4-10-19(11-5-1)24-18-20-16-17-23(24)25(20)26(21-12-6-2-7-13-21)22-14-8-3-9-15-22/h1-15,18,20,23,25H,16-17H2/t20-,23+,25?/m1/s1. The summed E-state index contributed by atoms with van der Waals surface area (Å²) in [6, 6.07) is 33.5. The molecule has 0 saturated heterocycles. The molecule has 0 spiro atoms. The summed E-state index contributed by atoms with van der Waals surface area (Å²) in [6.07, 6.45) is 5.30. The van der Waals surface area contributed by atoms with Crippen molar-refractivity contribution in [3.8, 4) is 0 Å². The van der Waals surface area contributed by atoms with Gasteiger partial charge in [-0.25, -0.2) is 0 Å². The van der Waals surface area contributed by atoms with Crippen molar-refractivity contribution in [1.29, 1.82) is 0 Å². The van der Waals surface area contributed by atoms with Gasteiger partial charge in [-0.3, -0.25) is 0 Å². The number of hydrogen-bond donors (Lipinski definition) is 0. The lowest BCUT2D eigenvalue weighted by Crippen LogP contribution is -2.26. The predicted octanol–water partition coefficient (Wildman–Crippen LogP) is 5.61. The van der Waals surface area contributed by atoms with Crippen molar-refractivity contribution >= 4 is 24.1 Å². The molecule has 1 unspecified atom stereocenters. The molecule has 1 fully saturated rings. The molecule has 0 nitrogen and oxygen atoms in total. The Kier molecular flexibility index (Phi) is 4.23. The Balaban J connectivity index is 1.57. The average Bonchev–Trinajstić information content (AvgIpc) is 3.29. The summed E-state index contributed by atoms with van der Waals surface area (Å²) >= 11 is 0. The summed E-state index contributed by atoms with van der Waals surface area (Å²) in [7, 11) is -0.337. The Labute approximate surface area is 157 Å². The van der Waals surface area contributed by atoms with E-state index in [1.165, 1.54) is 29.0 Å². The van der Waals surface area contributed by atoms with Crippen molar-refractivity contribution in [3.63, 3.8) is 0 Å². The molecule has 1 saturated carbocycles. The molecule has 0 radical (unpaired) electrons. The van der Waals surface area contributed by atoms with Crippen LogP contribution in [0.5, 0.6) is 0 Å². The van der Waals surface area contributed by atoms with Gasteiger partial charge in [-0.2, -0.15) is 0 Å². The fourth-order valence-electron chi connectivity index (χ4n) is 4.87. The zero-order chi connectivity index (χ0) is 17.3. The molecule has 0 heterocycles. The average molecular weight is 354 g/mol. The van der Waals surface area contributed by atoms with Crippen LogP contribution in [0.15, 0.2) is 97.1 Å². The fraction of sp³-hybridized carbons (Fsp3) is 0.200. The van der Waals surface area contributed by atoms with Crippen molar-refractivity contribution in [2.24, 2.45) is 11.8 Å². The summed E-state index contributed by atoms with van der Waals surface area (Å²) in [5, 5.41) is 3.05. The first-order valence-electron chi connectivity index (χ1n) is 9.58. The van der Waals surface area contributed by atoms with E-state index in [0.717, 1.165) is 11.6 Å². The van der Waals surface area contributed by atoms with Gasteiger partial charge in [-0.1, -0.05) is 97.1 Å². The van der Waals surface area contributed by atoms with Crippen molar-refractivity contribution in [2.45, 2.75) is 18.5 Å². The molecule has 3 aromatic rings. The molecule has 0 aromatic heterocycles. The second-order valence-corrected chi connectivity index (χ2v) is 9.74. The van der Waals surface area contributed by atoms with Crippen LogP contribution in [0.3, 0.4) is 0 Å². The molecule has 0 N–H and O–H groups in total. The molecule has 3 aromatic carbocycles. The van der Waals surface area contributed by atoms with E-state index in [4.69, 9.17) is 0 Å². The van der Waals surface area contributed by atoms with Crippen LogP contribution in [0.4, 0.5) is 0 Å². The van der Waals surface area contributed by atoms with Gasteiger partial charge in [0, 0.05) is 5.66 Å². The SMILES string of the molecule is C1=C(c2ccccc2)[C@@H]2CC[C@H]1C2P(c1ccccc1)c1ccccc1. The monoisotopic (exact) mass is 354 g/mol. The Morgan fingerprint density at radius 3 is 1.73 bits per heavy atom. The van der Waals surface area contributed by atoms with Crippen LogP contribution in [0.2, 0.25) is 0 Å². The molecule has 128 valence electrons. The van der Waals surface area contributed by atoms with Gasteiger partial charge in [0.2, 0.25) is 0 Å². The van der Waals surface area contributed by atoms with Gasteiger partial charge in [0.25, 0.3) is 0 Å². The quantitative estimate of drug-likeness (QED) is 0.534. The van der Waals surface area contributed by atoms with Crippen LogP contribution < -0.4 is 10.6 Å². The second kappa shape index (κ2) is 6.86. The summed E-state index contributed by atoms with van der Waals surface area (Å²) in [5.41, 5.74) is 3.77. The number of rotatable bonds is 4. The molecule has 5 rings (SSSR count). The Hall–Kier alpha value is -2.17. The maximum Gasteiger partial charge on any atom is 0.000324 e. The maximum atomic E-state index is 2.61. The molecule has 1 heteroatoms. The fourth-order valence-corrected chi connectivity index (χ4v) is 8.13. The lowest BCUT2D eigenvalue weighted by atomic mass is 9.92. The third-order valence-corrected chi connectivity index (χ3v) is 8.98. The molecule has 0 aliphatic heterocycles. The first-order valence-corrected chi connectivity index (χ1v) is 11.0. The van der Waals surface area contributed by atoms with E-state index in [0.29, 0.717) is 5.92 Å². The molecule has 2 aliphatic rings. The zero-order valence-corrected chi connectivity index (χ0v) is 15.7.